The predicted molar refractivity (Wildman–Crippen MR) is 200 cm³/mol. The Morgan fingerprint density at radius 3 is 2.53 bits per heavy atom. The first-order valence-electron chi connectivity index (χ1n) is 19.0. The highest BCUT2D eigenvalue weighted by molar-refractivity contribution is 5.96. The van der Waals surface area contributed by atoms with Gasteiger partial charge in [0, 0.05) is 24.0 Å². The summed E-state index contributed by atoms with van der Waals surface area (Å²) >= 11 is 0. The molecule has 5 unspecified atom stereocenters. The highest BCUT2D eigenvalue weighted by atomic mass is 16.6. The number of ether oxygens (including phenoxy) is 4. The van der Waals surface area contributed by atoms with Crippen LogP contribution in [0.25, 0.3) is 5.76 Å². The Labute approximate surface area is 313 Å². The number of carbonyl (C=O) groups excluding carboxylic acids is 3. The van der Waals surface area contributed by atoms with Gasteiger partial charge in [-0.25, -0.2) is 9.59 Å². The summed E-state index contributed by atoms with van der Waals surface area (Å²) in [7, 11) is 1.64. The molecule has 0 aromatic heterocycles. The molecule has 4 aliphatic rings. The van der Waals surface area contributed by atoms with Crippen molar-refractivity contribution in [3.05, 3.63) is 58.4 Å². The van der Waals surface area contributed by atoms with Gasteiger partial charge in [0.25, 0.3) is 0 Å². The largest absolute Gasteiger partial charge is 0.496 e. The first kappa shape index (κ1) is 39.7. The third-order valence-electron chi connectivity index (χ3n) is 10.4. The van der Waals surface area contributed by atoms with Gasteiger partial charge < -0.3 is 39.6 Å². The number of nitrogens with zero attached hydrogens (tertiary/aromatic N) is 1. The van der Waals surface area contributed by atoms with Crippen molar-refractivity contribution in [2.24, 2.45) is 5.92 Å². The minimum absolute atomic E-state index is 0.0394. The Bertz CT molecular complexity index is 1670. The van der Waals surface area contributed by atoms with Crippen molar-refractivity contribution in [1.29, 1.82) is 0 Å². The Morgan fingerprint density at radius 2 is 1.85 bits per heavy atom. The van der Waals surface area contributed by atoms with Gasteiger partial charge in [0.15, 0.2) is 0 Å². The highest BCUT2D eigenvalue weighted by Gasteiger charge is 2.61. The van der Waals surface area contributed by atoms with E-state index in [1.54, 1.807) is 27.9 Å². The number of hydrogen-bond donors (Lipinski definition) is 3. The Balaban J connectivity index is 1.52. The van der Waals surface area contributed by atoms with E-state index >= 15 is 0 Å². The number of allylic oxidation sites excluding steroid dienone is 3. The van der Waals surface area contributed by atoms with Crippen LogP contribution in [0.1, 0.15) is 110 Å². The topological polar surface area (TPSA) is 153 Å². The smallest absolute Gasteiger partial charge is 0.408 e. The molecule has 1 aromatic rings. The van der Waals surface area contributed by atoms with Crippen molar-refractivity contribution in [2.45, 2.75) is 142 Å². The van der Waals surface area contributed by atoms with Gasteiger partial charge in [-0.05, 0) is 116 Å². The molecule has 0 spiro atoms. The Kier molecular flexibility index (Phi) is 12.2. The number of carboxylic acids is 1. The molecule has 53 heavy (non-hydrogen) atoms. The summed E-state index contributed by atoms with van der Waals surface area (Å²) in [5, 5.41) is 15.9. The zero-order chi connectivity index (χ0) is 38.7. The molecule has 5 atom stereocenters. The Hall–Kier alpha value is -4.48. The molecule has 12 heteroatoms. The molecule has 5 rings (SSSR count). The van der Waals surface area contributed by atoms with E-state index in [9.17, 15) is 24.3 Å². The van der Waals surface area contributed by atoms with Crippen LogP contribution in [-0.2, 0) is 35.0 Å². The fraction of sp³-hybridized carbons (Fsp3) is 0.610. The molecule has 1 saturated heterocycles. The van der Waals surface area contributed by atoms with Crippen molar-refractivity contribution in [3.63, 3.8) is 0 Å². The molecule has 3 amide bonds. The van der Waals surface area contributed by atoms with E-state index in [0.29, 0.717) is 24.4 Å². The van der Waals surface area contributed by atoms with E-state index in [0.717, 1.165) is 60.1 Å². The van der Waals surface area contributed by atoms with Gasteiger partial charge in [0.05, 0.1) is 19.8 Å². The minimum atomic E-state index is -1.45. The molecule has 0 bridgehead atoms. The van der Waals surface area contributed by atoms with Crippen molar-refractivity contribution >= 4 is 29.6 Å². The normalized spacial score (nSPS) is 26.7. The molecular formula is C41H57N3O9. The number of carboxylic acid groups (broad SMARTS) is 1. The van der Waals surface area contributed by atoms with Gasteiger partial charge in [-0.15, -0.1) is 0 Å². The van der Waals surface area contributed by atoms with E-state index in [1.807, 2.05) is 58.1 Å². The molecular weight excluding hydrogens is 678 g/mol. The molecule has 290 valence electrons. The third kappa shape index (κ3) is 9.37. The van der Waals surface area contributed by atoms with E-state index in [-0.39, 0.29) is 31.4 Å². The van der Waals surface area contributed by atoms with Crippen LogP contribution in [0.15, 0.2) is 41.7 Å². The van der Waals surface area contributed by atoms with Crippen LogP contribution >= 0.6 is 0 Å². The molecule has 2 heterocycles. The highest BCUT2D eigenvalue weighted by Crippen LogP contribution is 2.46. The monoisotopic (exact) mass is 735 g/mol. The minimum Gasteiger partial charge on any atom is -0.496 e. The zero-order valence-corrected chi connectivity index (χ0v) is 32.5. The number of benzene rings is 1. The number of fused-ring (bicyclic) bond motifs is 3. The van der Waals surface area contributed by atoms with E-state index in [4.69, 9.17) is 18.9 Å². The SMILES string of the molecule is COc1ccc2c(c1C)CCC(C)=C(OC(C)C)C=C2OC1CC2C(=O)NC3(C(=O)O)CC3C=CCCCCCC(NC(=O)OC(C)(C)C)C(=O)N2C1. The van der Waals surface area contributed by atoms with Gasteiger partial charge in [0.2, 0.25) is 11.8 Å². The van der Waals surface area contributed by atoms with Crippen molar-refractivity contribution in [1.82, 2.24) is 15.5 Å². The van der Waals surface area contributed by atoms with E-state index in [2.05, 4.69) is 10.6 Å². The van der Waals surface area contributed by atoms with Crippen molar-refractivity contribution in [3.8, 4) is 5.75 Å². The maximum Gasteiger partial charge on any atom is 0.408 e. The molecule has 2 fully saturated rings. The summed E-state index contributed by atoms with van der Waals surface area (Å²) in [4.78, 5) is 55.7. The first-order valence-corrected chi connectivity index (χ1v) is 19.0. The molecule has 3 N–H and O–H groups in total. The fourth-order valence-corrected chi connectivity index (χ4v) is 7.53. The van der Waals surface area contributed by atoms with E-state index < -0.39 is 53.2 Å². The summed E-state index contributed by atoms with van der Waals surface area (Å²) < 4.78 is 24.3. The molecule has 1 saturated carbocycles. The van der Waals surface area contributed by atoms with Gasteiger partial charge in [-0.1, -0.05) is 25.0 Å². The number of amides is 3. The lowest BCUT2D eigenvalue weighted by Gasteiger charge is -2.30. The van der Waals surface area contributed by atoms with Crippen LogP contribution in [0.2, 0.25) is 0 Å². The standard InChI is InChI=1S/C41H57N3O9/c1-24(2)51-34-21-35(30-18-19-33(50-8)26(4)29(30)17-16-25(34)3)52-28-20-32-36(45)43-41(38(47)48)22-27(41)14-12-10-9-11-13-15-31(37(46)44(32)23-28)42-39(49)53-40(5,6)7/h12,14,18-19,21,24,27-28,31-32H,9-11,13,15-17,20,22-23H2,1-8H3,(H,42,49)(H,43,45)(H,47,48). The van der Waals surface area contributed by atoms with Crippen LogP contribution in [0.4, 0.5) is 4.79 Å². The van der Waals surface area contributed by atoms with Crippen LogP contribution < -0.4 is 15.4 Å². The summed E-state index contributed by atoms with van der Waals surface area (Å²) in [5.74, 6) is -0.464. The number of rotatable bonds is 7. The third-order valence-corrected chi connectivity index (χ3v) is 10.4. The molecule has 2 aliphatic carbocycles. The number of carbonyl (C=O) groups is 4. The quantitative estimate of drug-likeness (QED) is 0.272. The maximum absolute atomic E-state index is 14.5. The van der Waals surface area contributed by atoms with Crippen LogP contribution in [0.5, 0.6) is 5.75 Å². The summed E-state index contributed by atoms with van der Waals surface area (Å²) in [5.41, 5.74) is 1.76. The Morgan fingerprint density at radius 1 is 1.09 bits per heavy atom. The zero-order valence-electron chi connectivity index (χ0n) is 32.5. The molecule has 0 radical (unpaired) electrons. The second kappa shape index (κ2) is 16.3. The van der Waals surface area contributed by atoms with Gasteiger partial charge in [-0.3, -0.25) is 9.59 Å². The second-order valence-corrected chi connectivity index (χ2v) is 16.1. The average Bonchev–Trinajstić information content (AvgIpc) is 3.60. The molecule has 1 aromatic carbocycles. The summed E-state index contributed by atoms with van der Waals surface area (Å²) in [6.07, 6.45) is 9.55. The van der Waals surface area contributed by atoms with Gasteiger partial charge >= 0.3 is 12.1 Å². The van der Waals surface area contributed by atoms with Crippen LogP contribution in [-0.4, -0.2) is 83.0 Å². The van der Waals surface area contributed by atoms with Crippen LogP contribution in [0, 0.1) is 12.8 Å². The van der Waals surface area contributed by atoms with Crippen molar-refractivity contribution < 1.29 is 43.2 Å². The number of methoxy groups -OCH3 is 1. The lowest BCUT2D eigenvalue weighted by atomic mass is 9.91. The van der Waals surface area contributed by atoms with Gasteiger partial charge in [-0.2, -0.15) is 0 Å². The fourth-order valence-electron chi connectivity index (χ4n) is 7.53. The summed E-state index contributed by atoms with van der Waals surface area (Å²) in [6, 6.07) is 1.86. The number of alkyl carbamates (subject to hydrolysis) is 1. The second-order valence-electron chi connectivity index (χ2n) is 16.1. The number of aliphatic carboxylic acids is 1. The summed E-state index contributed by atoms with van der Waals surface area (Å²) in [6.45, 7) is 13.3. The average molecular weight is 736 g/mol. The lowest BCUT2D eigenvalue weighted by Crippen LogP contribution is -2.56. The molecule has 12 nitrogen and oxygen atoms in total. The van der Waals surface area contributed by atoms with Gasteiger partial charge in [0.1, 0.15) is 46.6 Å². The lowest BCUT2D eigenvalue weighted by molar-refractivity contribution is -0.145. The first-order chi connectivity index (χ1) is 25.0. The molecule has 2 aliphatic heterocycles. The van der Waals surface area contributed by atoms with Crippen molar-refractivity contribution in [2.75, 3.05) is 13.7 Å². The number of nitrogens with one attached hydrogen (secondary N) is 2. The van der Waals surface area contributed by atoms with Crippen LogP contribution in [0.3, 0.4) is 0 Å². The maximum atomic E-state index is 14.5. The van der Waals surface area contributed by atoms with E-state index in [1.165, 1.54) is 4.90 Å². The number of hydrogen-bond acceptors (Lipinski definition) is 8. The predicted octanol–water partition coefficient (Wildman–Crippen LogP) is 6.35.